The summed E-state index contributed by atoms with van der Waals surface area (Å²) < 4.78 is 16.6. The molecule has 0 spiro atoms. The van der Waals surface area contributed by atoms with E-state index in [1.165, 1.54) is 0 Å². The van der Waals surface area contributed by atoms with Crippen molar-refractivity contribution < 1.29 is 14.2 Å². The van der Waals surface area contributed by atoms with Crippen LogP contribution in [0.15, 0.2) is 24.8 Å². The summed E-state index contributed by atoms with van der Waals surface area (Å²) in [5.74, 6) is 1.96. The summed E-state index contributed by atoms with van der Waals surface area (Å²) in [6, 6.07) is 4.07. The molecule has 1 aromatic carbocycles. The van der Waals surface area contributed by atoms with Gasteiger partial charge in [-0.2, -0.15) is 0 Å². The van der Waals surface area contributed by atoms with Crippen LogP contribution >= 0.6 is 0 Å². The van der Waals surface area contributed by atoms with Gasteiger partial charge in [-0.1, -0.05) is 6.08 Å². The normalized spacial score (nSPS) is 21.1. The van der Waals surface area contributed by atoms with E-state index in [-0.39, 0.29) is 17.6 Å². The molecular weight excluding hydrogens is 252 g/mol. The molecule has 1 aliphatic heterocycles. The average Bonchev–Trinajstić information content (AvgIpc) is 3.03. The molecule has 0 saturated carbocycles. The Kier molecular flexibility index (Phi) is 4.09. The number of aryl methyl sites for hydroxylation is 1. The van der Waals surface area contributed by atoms with E-state index in [9.17, 15) is 0 Å². The molecule has 0 bridgehead atoms. The summed E-state index contributed by atoms with van der Waals surface area (Å²) in [4.78, 5) is 0. The Morgan fingerprint density at radius 1 is 1.30 bits per heavy atom. The zero-order chi connectivity index (χ0) is 14.9. The van der Waals surface area contributed by atoms with Gasteiger partial charge in [0, 0.05) is 11.5 Å². The molecule has 3 heteroatoms. The number of allylic oxidation sites excluding steroid dienone is 1. The minimum absolute atomic E-state index is 0.0106. The lowest BCUT2D eigenvalue weighted by atomic mass is 9.90. The van der Waals surface area contributed by atoms with Crippen LogP contribution in [0.25, 0.3) is 0 Å². The lowest BCUT2D eigenvalue weighted by Gasteiger charge is -2.18. The van der Waals surface area contributed by atoms with Gasteiger partial charge in [0.05, 0.1) is 25.9 Å². The highest BCUT2D eigenvalue weighted by molar-refractivity contribution is 5.48. The quantitative estimate of drug-likeness (QED) is 0.584. The second-order valence-electron chi connectivity index (χ2n) is 5.85. The molecule has 110 valence electrons. The molecule has 0 amide bonds. The van der Waals surface area contributed by atoms with Gasteiger partial charge in [-0.25, -0.2) is 0 Å². The van der Waals surface area contributed by atoms with E-state index in [0.29, 0.717) is 0 Å². The summed E-state index contributed by atoms with van der Waals surface area (Å²) in [5, 5.41) is 0. The summed E-state index contributed by atoms with van der Waals surface area (Å²) in [7, 11) is 3.39. The van der Waals surface area contributed by atoms with E-state index in [0.717, 1.165) is 29.0 Å². The molecule has 0 N–H and O–H groups in total. The first-order valence-corrected chi connectivity index (χ1v) is 6.95. The van der Waals surface area contributed by atoms with Crippen molar-refractivity contribution >= 4 is 0 Å². The van der Waals surface area contributed by atoms with Gasteiger partial charge in [0.1, 0.15) is 11.5 Å². The maximum Gasteiger partial charge on any atom is 0.123 e. The number of rotatable bonds is 6. The van der Waals surface area contributed by atoms with Crippen molar-refractivity contribution in [1.82, 2.24) is 0 Å². The van der Waals surface area contributed by atoms with Gasteiger partial charge in [-0.15, -0.1) is 6.58 Å². The van der Waals surface area contributed by atoms with E-state index in [4.69, 9.17) is 14.2 Å². The predicted molar refractivity (Wildman–Crippen MR) is 80.8 cm³/mol. The zero-order valence-corrected chi connectivity index (χ0v) is 13.0. The summed E-state index contributed by atoms with van der Waals surface area (Å²) in [6.45, 7) is 10.2. The fourth-order valence-corrected chi connectivity index (χ4v) is 2.61. The molecule has 3 nitrogen and oxygen atoms in total. The topological polar surface area (TPSA) is 31.0 Å². The zero-order valence-electron chi connectivity index (χ0n) is 13.0. The van der Waals surface area contributed by atoms with E-state index in [2.05, 4.69) is 26.5 Å². The summed E-state index contributed by atoms with van der Waals surface area (Å²) >= 11 is 0. The summed E-state index contributed by atoms with van der Waals surface area (Å²) in [6.07, 6.45) is 3.16. The molecule has 20 heavy (non-hydrogen) atoms. The van der Waals surface area contributed by atoms with Crippen LogP contribution in [-0.2, 0) is 4.74 Å². The smallest absolute Gasteiger partial charge is 0.123 e. The van der Waals surface area contributed by atoms with Crippen molar-refractivity contribution in [3.8, 4) is 11.5 Å². The first-order valence-electron chi connectivity index (χ1n) is 6.95. The highest BCUT2D eigenvalue weighted by atomic mass is 16.6. The lowest BCUT2D eigenvalue weighted by Crippen LogP contribution is -2.08. The van der Waals surface area contributed by atoms with Crippen molar-refractivity contribution in [2.24, 2.45) is 0 Å². The third-order valence-electron chi connectivity index (χ3n) is 4.06. The molecule has 0 aromatic heterocycles. The van der Waals surface area contributed by atoms with Crippen LogP contribution in [0.2, 0.25) is 0 Å². The molecule has 1 aromatic rings. The molecule has 1 fully saturated rings. The van der Waals surface area contributed by atoms with Crippen molar-refractivity contribution in [2.45, 2.75) is 44.8 Å². The Morgan fingerprint density at radius 3 is 2.35 bits per heavy atom. The third kappa shape index (κ3) is 2.83. The fourth-order valence-electron chi connectivity index (χ4n) is 2.61. The van der Waals surface area contributed by atoms with Gasteiger partial charge in [0.15, 0.2) is 0 Å². The van der Waals surface area contributed by atoms with E-state index in [1.807, 2.05) is 19.1 Å². The number of ether oxygens (including phenoxy) is 3. The van der Waals surface area contributed by atoms with Crippen molar-refractivity contribution in [2.75, 3.05) is 14.2 Å². The molecule has 0 radical (unpaired) electrons. The Balaban J connectivity index is 2.30. The molecule has 2 atom stereocenters. The van der Waals surface area contributed by atoms with Crippen LogP contribution in [0.4, 0.5) is 0 Å². The van der Waals surface area contributed by atoms with Crippen LogP contribution in [0, 0.1) is 6.92 Å². The monoisotopic (exact) mass is 276 g/mol. The molecule has 1 aliphatic rings. The van der Waals surface area contributed by atoms with Crippen LogP contribution in [0.1, 0.15) is 37.3 Å². The number of methoxy groups -OCH3 is 2. The van der Waals surface area contributed by atoms with Gasteiger partial charge < -0.3 is 14.2 Å². The number of hydrogen-bond acceptors (Lipinski definition) is 3. The minimum atomic E-state index is -0.0106. The Hall–Kier alpha value is -1.48. The fraction of sp³-hybridized carbons (Fsp3) is 0.529. The molecule has 1 heterocycles. The standard InChI is InChI=1S/C17H24O3/c1-7-12(9-16-17(3,4)20-16)13-10-14(18-5)11(2)8-15(13)19-6/h7-8,10,12,16H,1,9H2,2-6H3/t12-,16-/m0/s1. The minimum Gasteiger partial charge on any atom is -0.496 e. The van der Waals surface area contributed by atoms with Gasteiger partial charge in [0.25, 0.3) is 0 Å². The van der Waals surface area contributed by atoms with Crippen LogP contribution in [-0.4, -0.2) is 25.9 Å². The van der Waals surface area contributed by atoms with Crippen LogP contribution in [0.3, 0.4) is 0 Å². The molecule has 0 unspecified atom stereocenters. The molecule has 0 aliphatic carbocycles. The van der Waals surface area contributed by atoms with Crippen molar-refractivity contribution in [1.29, 1.82) is 0 Å². The first-order chi connectivity index (χ1) is 9.42. The van der Waals surface area contributed by atoms with Gasteiger partial charge in [0.2, 0.25) is 0 Å². The second kappa shape index (κ2) is 5.49. The molecule has 1 saturated heterocycles. The maximum absolute atomic E-state index is 5.69. The Labute approximate surface area is 121 Å². The SMILES string of the molecule is C=C[C@@H](C[C@@H]1OC1(C)C)c1cc(OC)c(C)cc1OC. The number of benzene rings is 1. The summed E-state index contributed by atoms with van der Waals surface area (Å²) in [5.41, 5.74) is 2.17. The van der Waals surface area contributed by atoms with Gasteiger partial charge in [-0.05, 0) is 44.9 Å². The van der Waals surface area contributed by atoms with Crippen LogP contribution < -0.4 is 9.47 Å². The van der Waals surface area contributed by atoms with Gasteiger partial charge >= 0.3 is 0 Å². The highest BCUT2D eigenvalue weighted by Gasteiger charge is 2.48. The molecule has 2 rings (SSSR count). The average molecular weight is 276 g/mol. The van der Waals surface area contributed by atoms with Gasteiger partial charge in [-0.3, -0.25) is 0 Å². The maximum atomic E-state index is 5.69. The molecular formula is C17H24O3. The predicted octanol–water partition coefficient (Wildman–Crippen LogP) is 3.85. The van der Waals surface area contributed by atoms with E-state index >= 15 is 0 Å². The second-order valence-corrected chi connectivity index (χ2v) is 5.85. The largest absolute Gasteiger partial charge is 0.496 e. The lowest BCUT2D eigenvalue weighted by molar-refractivity contribution is 0.317. The Bertz CT molecular complexity index is 505. The van der Waals surface area contributed by atoms with Crippen LogP contribution in [0.5, 0.6) is 11.5 Å². The van der Waals surface area contributed by atoms with E-state index in [1.54, 1.807) is 14.2 Å². The number of hydrogen-bond donors (Lipinski definition) is 0. The van der Waals surface area contributed by atoms with Crippen molar-refractivity contribution in [3.05, 3.63) is 35.9 Å². The van der Waals surface area contributed by atoms with Crippen molar-refractivity contribution in [3.63, 3.8) is 0 Å². The number of epoxide rings is 1. The third-order valence-corrected chi connectivity index (χ3v) is 4.06. The first kappa shape index (κ1) is 14.9. The van der Waals surface area contributed by atoms with E-state index < -0.39 is 0 Å². The Morgan fingerprint density at radius 2 is 1.90 bits per heavy atom. The highest BCUT2D eigenvalue weighted by Crippen LogP contribution is 2.44.